The first-order valence-corrected chi connectivity index (χ1v) is 5.42. The minimum Gasteiger partial charge on any atom is -0.493 e. The number of rotatable bonds is 4. The summed E-state index contributed by atoms with van der Waals surface area (Å²) >= 11 is 0. The van der Waals surface area contributed by atoms with Gasteiger partial charge in [0.25, 0.3) is 0 Å². The van der Waals surface area contributed by atoms with Gasteiger partial charge in [0.05, 0.1) is 14.2 Å². The summed E-state index contributed by atoms with van der Waals surface area (Å²) in [6.07, 6.45) is 0. The number of hydrogen-bond acceptors (Lipinski definition) is 3. The normalized spacial score (nSPS) is 11.1. The lowest BCUT2D eigenvalue weighted by Gasteiger charge is -2.20. The number of methoxy groups -OCH3 is 2. The molecule has 1 aromatic rings. The van der Waals surface area contributed by atoms with E-state index in [9.17, 15) is 0 Å². The van der Waals surface area contributed by atoms with Crippen LogP contribution >= 0.6 is 0 Å². The van der Waals surface area contributed by atoms with Gasteiger partial charge >= 0.3 is 0 Å². The molecule has 0 aliphatic rings. The van der Waals surface area contributed by atoms with Gasteiger partial charge in [0.2, 0.25) is 0 Å². The molecular formula is C13H21NO2. The molecule has 1 N–H and O–H groups in total. The molecule has 1 aromatic carbocycles. The SMILES string of the molecule is COc1ccc(NCC(C)(C)C)cc1OC. The highest BCUT2D eigenvalue weighted by molar-refractivity contribution is 5.54. The van der Waals surface area contributed by atoms with Gasteiger partial charge in [-0.2, -0.15) is 0 Å². The number of anilines is 1. The number of nitrogens with one attached hydrogen (secondary N) is 1. The highest BCUT2D eigenvalue weighted by atomic mass is 16.5. The van der Waals surface area contributed by atoms with Crippen LogP contribution in [0.4, 0.5) is 5.69 Å². The highest BCUT2D eigenvalue weighted by Gasteiger charge is 2.10. The molecule has 0 saturated carbocycles. The van der Waals surface area contributed by atoms with Crippen molar-refractivity contribution >= 4 is 5.69 Å². The predicted octanol–water partition coefficient (Wildman–Crippen LogP) is 3.16. The van der Waals surface area contributed by atoms with E-state index in [4.69, 9.17) is 9.47 Å². The van der Waals surface area contributed by atoms with Gasteiger partial charge in [-0.15, -0.1) is 0 Å². The Balaban J connectivity index is 2.75. The van der Waals surface area contributed by atoms with Gasteiger partial charge in [-0.25, -0.2) is 0 Å². The highest BCUT2D eigenvalue weighted by Crippen LogP contribution is 2.30. The van der Waals surface area contributed by atoms with Gasteiger partial charge in [0, 0.05) is 18.3 Å². The quantitative estimate of drug-likeness (QED) is 0.850. The second-order valence-corrected chi connectivity index (χ2v) is 4.98. The third-order valence-electron chi connectivity index (χ3n) is 2.21. The second-order valence-electron chi connectivity index (χ2n) is 4.98. The van der Waals surface area contributed by atoms with E-state index in [1.165, 1.54) is 0 Å². The van der Waals surface area contributed by atoms with Crippen LogP contribution in [-0.4, -0.2) is 20.8 Å². The van der Waals surface area contributed by atoms with Crippen molar-refractivity contribution < 1.29 is 9.47 Å². The molecule has 3 heteroatoms. The van der Waals surface area contributed by atoms with Crippen LogP contribution in [0.1, 0.15) is 20.8 Å². The van der Waals surface area contributed by atoms with E-state index in [1.807, 2.05) is 18.2 Å². The van der Waals surface area contributed by atoms with Crippen molar-refractivity contribution in [1.82, 2.24) is 0 Å². The monoisotopic (exact) mass is 223 g/mol. The molecule has 0 bridgehead atoms. The molecule has 0 aromatic heterocycles. The molecule has 0 saturated heterocycles. The Morgan fingerprint density at radius 2 is 1.69 bits per heavy atom. The molecule has 0 atom stereocenters. The van der Waals surface area contributed by atoms with Gasteiger partial charge in [0.15, 0.2) is 11.5 Å². The summed E-state index contributed by atoms with van der Waals surface area (Å²) in [6.45, 7) is 7.50. The molecule has 0 radical (unpaired) electrons. The van der Waals surface area contributed by atoms with Crippen LogP contribution in [0.25, 0.3) is 0 Å². The maximum Gasteiger partial charge on any atom is 0.162 e. The Hall–Kier alpha value is -1.38. The van der Waals surface area contributed by atoms with E-state index in [2.05, 4.69) is 26.1 Å². The van der Waals surface area contributed by atoms with Gasteiger partial charge in [-0.3, -0.25) is 0 Å². The first-order chi connectivity index (χ1) is 7.46. The molecule has 0 spiro atoms. The largest absolute Gasteiger partial charge is 0.493 e. The zero-order valence-electron chi connectivity index (χ0n) is 10.8. The van der Waals surface area contributed by atoms with E-state index < -0.39 is 0 Å². The van der Waals surface area contributed by atoms with Gasteiger partial charge in [-0.1, -0.05) is 20.8 Å². The predicted molar refractivity (Wildman–Crippen MR) is 67.5 cm³/mol. The molecular weight excluding hydrogens is 202 g/mol. The van der Waals surface area contributed by atoms with Crippen LogP contribution in [0, 0.1) is 5.41 Å². The molecule has 1 rings (SSSR count). The first kappa shape index (κ1) is 12.7. The first-order valence-electron chi connectivity index (χ1n) is 5.42. The molecule has 0 unspecified atom stereocenters. The van der Waals surface area contributed by atoms with Gasteiger partial charge < -0.3 is 14.8 Å². The van der Waals surface area contributed by atoms with Crippen molar-refractivity contribution in [2.24, 2.45) is 5.41 Å². The smallest absolute Gasteiger partial charge is 0.162 e. The summed E-state index contributed by atoms with van der Waals surface area (Å²) in [5.74, 6) is 1.50. The van der Waals surface area contributed by atoms with Gasteiger partial charge in [-0.05, 0) is 17.5 Å². The van der Waals surface area contributed by atoms with Crippen LogP contribution in [0.2, 0.25) is 0 Å². The van der Waals surface area contributed by atoms with Crippen molar-refractivity contribution in [1.29, 1.82) is 0 Å². The zero-order chi connectivity index (χ0) is 12.2. The molecule has 90 valence electrons. The Bertz CT molecular complexity index is 342. The number of hydrogen-bond donors (Lipinski definition) is 1. The number of ether oxygens (including phenoxy) is 2. The van der Waals surface area contributed by atoms with Crippen molar-refractivity contribution in [3.63, 3.8) is 0 Å². The van der Waals surface area contributed by atoms with Crippen molar-refractivity contribution in [2.45, 2.75) is 20.8 Å². The fourth-order valence-electron chi connectivity index (χ4n) is 1.31. The van der Waals surface area contributed by atoms with E-state index in [-0.39, 0.29) is 5.41 Å². The average molecular weight is 223 g/mol. The third kappa shape index (κ3) is 3.65. The number of benzene rings is 1. The van der Waals surface area contributed by atoms with Crippen molar-refractivity contribution in [2.75, 3.05) is 26.1 Å². The topological polar surface area (TPSA) is 30.5 Å². The standard InChI is InChI=1S/C13H21NO2/c1-13(2,3)9-14-10-6-7-11(15-4)12(8-10)16-5/h6-8,14H,9H2,1-5H3. The summed E-state index contributed by atoms with van der Waals surface area (Å²) in [5, 5.41) is 3.38. The van der Waals surface area contributed by atoms with E-state index in [1.54, 1.807) is 14.2 Å². The lowest BCUT2D eigenvalue weighted by Crippen LogP contribution is -2.18. The van der Waals surface area contributed by atoms with Crippen molar-refractivity contribution in [3.05, 3.63) is 18.2 Å². The van der Waals surface area contributed by atoms with Crippen LogP contribution in [0.5, 0.6) is 11.5 Å². The molecule has 0 heterocycles. The van der Waals surface area contributed by atoms with Crippen LogP contribution in [-0.2, 0) is 0 Å². The Labute approximate surface area is 97.8 Å². The average Bonchev–Trinajstić information content (AvgIpc) is 2.25. The summed E-state index contributed by atoms with van der Waals surface area (Å²) in [5.41, 5.74) is 1.31. The summed E-state index contributed by atoms with van der Waals surface area (Å²) in [6, 6.07) is 5.85. The van der Waals surface area contributed by atoms with Crippen molar-refractivity contribution in [3.8, 4) is 11.5 Å². The maximum absolute atomic E-state index is 5.24. The Morgan fingerprint density at radius 1 is 1.06 bits per heavy atom. The molecule has 0 amide bonds. The molecule has 0 fully saturated rings. The fourth-order valence-corrected chi connectivity index (χ4v) is 1.31. The Kier molecular flexibility index (Phi) is 4.05. The molecule has 0 aliphatic heterocycles. The molecule has 3 nitrogen and oxygen atoms in total. The minimum absolute atomic E-state index is 0.257. The van der Waals surface area contributed by atoms with E-state index in [0.29, 0.717) is 0 Å². The third-order valence-corrected chi connectivity index (χ3v) is 2.21. The van der Waals surface area contributed by atoms with Gasteiger partial charge in [0.1, 0.15) is 0 Å². The lowest BCUT2D eigenvalue weighted by molar-refractivity contribution is 0.355. The lowest BCUT2D eigenvalue weighted by atomic mass is 9.97. The van der Waals surface area contributed by atoms with Crippen LogP contribution < -0.4 is 14.8 Å². The fraction of sp³-hybridized carbons (Fsp3) is 0.538. The second kappa shape index (κ2) is 5.10. The maximum atomic E-state index is 5.24. The Morgan fingerprint density at radius 3 is 2.19 bits per heavy atom. The van der Waals surface area contributed by atoms with E-state index in [0.717, 1.165) is 23.7 Å². The van der Waals surface area contributed by atoms with Crippen LogP contribution in [0.15, 0.2) is 18.2 Å². The summed E-state index contributed by atoms with van der Waals surface area (Å²) in [4.78, 5) is 0. The molecule has 0 aliphatic carbocycles. The zero-order valence-corrected chi connectivity index (χ0v) is 10.8. The van der Waals surface area contributed by atoms with E-state index >= 15 is 0 Å². The summed E-state index contributed by atoms with van der Waals surface area (Å²) < 4.78 is 10.4. The van der Waals surface area contributed by atoms with Crippen LogP contribution in [0.3, 0.4) is 0 Å². The summed E-state index contributed by atoms with van der Waals surface area (Å²) in [7, 11) is 3.28. The minimum atomic E-state index is 0.257. The molecule has 16 heavy (non-hydrogen) atoms.